The van der Waals surface area contributed by atoms with Gasteiger partial charge in [-0.2, -0.15) is 0 Å². The van der Waals surface area contributed by atoms with Crippen molar-refractivity contribution in [2.45, 2.75) is 0 Å². The van der Waals surface area contributed by atoms with E-state index >= 15 is 0 Å². The molecule has 5 heteroatoms. The van der Waals surface area contributed by atoms with Gasteiger partial charge < -0.3 is 10.2 Å². The fourth-order valence-corrected chi connectivity index (χ4v) is 2.04. The lowest BCUT2D eigenvalue weighted by atomic mass is 10.2. The third-order valence-corrected chi connectivity index (χ3v) is 3.00. The van der Waals surface area contributed by atoms with Crippen LogP contribution in [0.4, 0.5) is 5.95 Å². The minimum absolute atomic E-state index is 0.804. The molecule has 18 heavy (non-hydrogen) atoms. The lowest BCUT2D eigenvalue weighted by Crippen LogP contribution is -2.44. The molecule has 0 aromatic carbocycles. The van der Waals surface area contributed by atoms with Gasteiger partial charge in [-0.1, -0.05) is 0 Å². The van der Waals surface area contributed by atoms with Gasteiger partial charge in [0.05, 0.1) is 5.69 Å². The first-order chi connectivity index (χ1) is 8.93. The Morgan fingerprint density at radius 2 is 2.00 bits per heavy atom. The summed E-state index contributed by atoms with van der Waals surface area (Å²) in [6.07, 6.45) is 5.40. The molecular weight excluding hydrogens is 226 g/mol. The predicted octanol–water partition coefficient (Wildman–Crippen LogP) is 0.948. The first-order valence-corrected chi connectivity index (χ1v) is 6.12. The molecule has 2 aromatic heterocycles. The number of nitrogens with one attached hydrogen (secondary N) is 1. The van der Waals surface area contributed by atoms with Crippen LogP contribution >= 0.6 is 0 Å². The third-order valence-electron chi connectivity index (χ3n) is 3.00. The van der Waals surface area contributed by atoms with Gasteiger partial charge in [-0.3, -0.25) is 4.98 Å². The number of hydrogen-bond acceptors (Lipinski definition) is 5. The van der Waals surface area contributed by atoms with E-state index in [-0.39, 0.29) is 0 Å². The van der Waals surface area contributed by atoms with E-state index in [0.717, 1.165) is 43.4 Å². The minimum atomic E-state index is 0.804. The Labute approximate surface area is 106 Å². The fourth-order valence-electron chi connectivity index (χ4n) is 2.04. The van der Waals surface area contributed by atoms with Gasteiger partial charge in [-0.15, -0.1) is 0 Å². The van der Waals surface area contributed by atoms with E-state index in [1.807, 2.05) is 30.6 Å². The lowest BCUT2D eigenvalue weighted by Gasteiger charge is -2.27. The van der Waals surface area contributed by atoms with E-state index in [2.05, 4.69) is 25.2 Å². The van der Waals surface area contributed by atoms with Crippen molar-refractivity contribution >= 4 is 5.95 Å². The van der Waals surface area contributed by atoms with Gasteiger partial charge in [0.1, 0.15) is 0 Å². The first-order valence-electron chi connectivity index (χ1n) is 6.12. The summed E-state index contributed by atoms with van der Waals surface area (Å²) in [7, 11) is 0. The predicted molar refractivity (Wildman–Crippen MR) is 70.3 cm³/mol. The standard InChI is InChI=1S/C13H15N5/c1-2-11(10-15-4-1)12-3-5-16-13(17-12)18-8-6-14-7-9-18/h1-5,10,14H,6-9H2. The fraction of sp³-hybridized carbons (Fsp3) is 0.308. The Kier molecular flexibility index (Phi) is 3.14. The van der Waals surface area contributed by atoms with Crippen molar-refractivity contribution < 1.29 is 0 Å². The van der Waals surface area contributed by atoms with Crippen LogP contribution in [0.3, 0.4) is 0 Å². The van der Waals surface area contributed by atoms with Crippen molar-refractivity contribution in [1.29, 1.82) is 0 Å². The molecular formula is C13H15N5. The first kappa shape index (κ1) is 11.1. The molecule has 0 radical (unpaired) electrons. The maximum Gasteiger partial charge on any atom is 0.225 e. The molecule has 0 unspecified atom stereocenters. The van der Waals surface area contributed by atoms with Crippen LogP contribution in [0.15, 0.2) is 36.8 Å². The minimum Gasteiger partial charge on any atom is -0.338 e. The Morgan fingerprint density at radius 3 is 2.78 bits per heavy atom. The molecule has 1 fully saturated rings. The molecule has 1 aliphatic heterocycles. The zero-order valence-electron chi connectivity index (χ0n) is 10.1. The monoisotopic (exact) mass is 241 g/mol. The van der Waals surface area contributed by atoms with Crippen molar-refractivity contribution in [3.63, 3.8) is 0 Å². The number of hydrogen-bond donors (Lipinski definition) is 1. The highest BCUT2D eigenvalue weighted by molar-refractivity contribution is 5.58. The van der Waals surface area contributed by atoms with Gasteiger partial charge in [0, 0.05) is 50.3 Å². The largest absolute Gasteiger partial charge is 0.338 e. The van der Waals surface area contributed by atoms with Crippen LogP contribution in [0.25, 0.3) is 11.3 Å². The van der Waals surface area contributed by atoms with Crippen LogP contribution in [0.2, 0.25) is 0 Å². The zero-order chi connectivity index (χ0) is 12.2. The van der Waals surface area contributed by atoms with Crippen LogP contribution in [-0.4, -0.2) is 41.1 Å². The Morgan fingerprint density at radius 1 is 1.11 bits per heavy atom. The van der Waals surface area contributed by atoms with E-state index in [4.69, 9.17) is 0 Å². The molecule has 92 valence electrons. The number of pyridine rings is 1. The average Bonchev–Trinajstić information content (AvgIpc) is 2.49. The van der Waals surface area contributed by atoms with E-state index in [9.17, 15) is 0 Å². The number of anilines is 1. The second-order valence-corrected chi connectivity index (χ2v) is 4.22. The van der Waals surface area contributed by atoms with Crippen LogP contribution in [0.1, 0.15) is 0 Å². The van der Waals surface area contributed by atoms with E-state index in [1.165, 1.54) is 0 Å². The lowest BCUT2D eigenvalue weighted by molar-refractivity contribution is 0.580. The quantitative estimate of drug-likeness (QED) is 0.848. The number of aromatic nitrogens is 3. The van der Waals surface area contributed by atoms with Crippen LogP contribution in [0, 0.1) is 0 Å². The highest BCUT2D eigenvalue weighted by Crippen LogP contribution is 2.17. The zero-order valence-corrected chi connectivity index (χ0v) is 10.1. The molecule has 0 spiro atoms. The summed E-state index contributed by atoms with van der Waals surface area (Å²) in [4.78, 5) is 15.3. The maximum atomic E-state index is 4.61. The molecule has 1 saturated heterocycles. The van der Waals surface area contributed by atoms with Crippen LogP contribution in [0.5, 0.6) is 0 Å². The van der Waals surface area contributed by atoms with Gasteiger partial charge in [0.15, 0.2) is 0 Å². The summed E-state index contributed by atoms with van der Waals surface area (Å²) in [5.41, 5.74) is 1.95. The topological polar surface area (TPSA) is 53.9 Å². The molecule has 0 atom stereocenters. The van der Waals surface area contributed by atoms with E-state index in [0.29, 0.717) is 0 Å². The van der Waals surface area contributed by atoms with Crippen molar-refractivity contribution in [2.75, 3.05) is 31.1 Å². The Hall–Kier alpha value is -2.01. The summed E-state index contributed by atoms with van der Waals surface area (Å²) in [5, 5.41) is 3.32. The second kappa shape index (κ2) is 5.10. The van der Waals surface area contributed by atoms with Gasteiger partial charge >= 0.3 is 0 Å². The van der Waals surface area contributed by atoms with E-state index in [1.54, 1.807) is 6.20 Å². The molecule has 1 N–H and O–H groups in total. The van der Waals surface area contributed by atoms with Gasteiger partial charge in [0.25, 0.3) is 0 Å². The second-order valence-electron chi connectivity index (χ2n) is 4.22. The average molecular weight is 241 g/mol. The van der Waals surface area contributed by atoms with Crippen LogP contribution in [-0.2, 0) is 0 Å². The van der Waals surface area contributed by atoms with Crippen molar-refractivity contribution in [3.05, 3.63) is 36.8 Å². The summed E-state index contributed by atoms with van der Waals surface area (Å²) in [6, 6.07) is 5.85. The molecule has 2 aromatic rings. The summed E-state index contributed by atoms with van der Waals surface area (Å²) >= 11 is 0. The third kappa shape index (κ3) is 2.31. The molecule has 0 amide bonds. The normalized spacial score (nSPS) is 15.7. The van der Waals surface area contributed by atoms with Crippen molar-refractivity contribution in [2.24, 2.45) is 0 Å². The van der Waals surface area contributed by atoms with E-state index < -0.39 is 0 Å². The van der Waals surface area contributed by atoms with Gasteiger partial charge in [0.2, 0.25) is 5.95 Å². The number of nitrogens with zero attached hydrogens (tertiary/aromatic N) is 4. The SMILES string of the molecule is c1cncc(-c2ccnc(N3CCNCC3)n2)c1. The van der Waals surface area contributed by atoms with Gasteiger partial charge in [-0.05, 0) is 18.2 Å². The number of rotatable bonds is 2. The Balaban J connectivity index is 1.89. The van der Waals surface area contributed by atoms with Crippen LogP contribution < -0.4 is 10.2 Å². The summed E-state index contributed by atoms with van der Waals surface area (Å²) in [6.45, 7) is 3.88. The molecule has 1 aliphatic rings. The molecule has 0 bridgehead atoms. The maximum absolute atomic E-state index is 4.61. The molecule has 3 heterocycles. The smallest absolute Gasteiger partial charge is 0.225 e. The Bertz CT molecular complexity index is 508. The highest BCUT2D eigenvalue weighted by atomic mass is 15.3. The molecule has 5 nitrogen and oxygen atoms in total. The number of piperazine rings is 1. The molecule has 3 rings (SSSR count). The van der Waals surface area contributed by atoms with Crippen molar-refractivity contribution in [3.8, 4) is 11.3 Å². The highest BCUT2D eigenvalue weighted by Gasteiger charge is 2.13. The van der Waals surface area contributed by atoms with Gasteiger partial charge in [-0.25, -0.2) is 9.97 Å². The van der Waals surface area contributed by atoms with Crippen molar-refractivity contribution in [1.82, 2.24) is 20.3 Å². The molecule has 0 saturated carbocycles. The summed E-state index contributed by atoms with van der Waals surface area (Å²) in [5.74, 6) is 0.804. The summed E-state index contributed by atoms with van der Waals surface area (Å²) < 4.78 is 0. The molecule has 0 aliphatic carbocycles.